The predicted molar refractivity (Wildman–Crippen MR) is 270 cm³/mol. The number of rotatable bonds is 48. The molecule has 0 N–H and O–H groups in total. The van der Waals surface area contributed by atoms with Crippen LogP contribution in [0.15, 0.2) is 60.8 Å². The lowest BCUT2D eigenvalue weighted by atomic mass is 10.0. The Balaban J connectivity index is 4.40. The first-order valence-corrected chi connectivity index (χ1v) is 26.8. The topological polar surface area (TPSA) is 78.9 Å². The average Bonchev–Trinajstić information content (AvgIpc) is 3.28. The van der Waals surface area contributed by atoms with Gasteiger partial charge in [-0.1, -0.05) is 223 Å². The molecule has 0 aliphatic rings. The van der Waals surface area contributed by atoms with E-state index in [0.29, 0.717) is 19.3 Å². The maximum absolute atomic E-state index is 12.8. The minimum absolute atomic E-state index is 0.0846. The zero-order chi connectivity index (χ0) is 45.8. The zero-order valence-electron chi connectivity index (χ0n) is 41.6. The molecule has 1 atom stereocenters. The van der Waals surface area contributed by atoms with Crippen molar-refractivity contribution in [3.8, 4) is 0 Å². The second kappa shape index (κ2) is 51.7. The molecule has 0 radical (unpaired) electrons. The van der Waals surface area contributed by atoms with Gasteiger partial charge >= 0.3 is 17.9 Å². The van der Waals surface area contributed by atoms with Crippen LogP contribution in [0.4, 0.5) is 0 Å². The summed E-state index contributed by atoms with van der Waals surface area (Å²) in [4.78, 5) is 38.0. The zero-order valence-corrected chi connectivity index (χ0v) is 41.6. The first kappa shape index (κ1) is 60.1. The number of hydrogen-bond acceptors (Lipinski definition) is 6. The molecule has 6 heteroatoms. The SMILES string of the molecule is CC/C=C\C/C=C\C/C=C\C/C=C\CCCCCCC(=O)OCC(COC(=O)CCCCCCC/C=C\CCCCC)OC(=O)CCCCCCCCCCCCCCCCCC. The first-order valence-electron chi connectivity index (χ1n) is 26.8. The molecular weight excluding hydrogens is 781 g/mol. The van der Waals surface area contributed by atoms with Gasteiger partial charge in [-0.05, 0) is 83.5 Å². The quantitative estimate of drug-likeness (QED) is 0.0262. The third-order valence-corrected chi connectivity index (χ3v) is 11.5. The van der Waals surface area contributed by atoms with E-state index in [4.69, 9.17) is 14.2 Å². The van der Waals surface area contributed by atoms with Gasteiger partial charge in [-0.15, -0.1) is 0 Å². The molecule has 6 nitrogen and oxygen atoms in total. The van der Waals surface area contributed by atoms with Crippen molar-refractivity contribution in [3.63, 3.8) is 0 Å². The summed E-state index contributed by atoms with van der Waals surface area (Å²) in [7, 11) is 0. The Morgan fingerprint density at radius 2 is 0.619 bits per heavy atom. The molecule has 0 aliphatic heterocycles. The van der Waals surface area contributed by atoms with Gasteiger partial charge in [-0.3, -0.25) is 14.4 Å². The van der Waals surface area contributed by atoms with Crippen LogP contribution in [0, 0.1) is 0 Å². The summed E-state index contributed by atoms with van der Waals surface area (Å²) in [6.07, 6.45) is 63.4. The summed E-state index contributed by atoms with van der Waals surface area (Å²) in [6.45, 7) is 6.49. The molecule has 0 rings (SSSR count). The van der Waals surface area contributed by atoms with Crippen LogP contribution >= 0.6 is 0 Å². The molecule has 0 aromatic heterocycles. The fraction of sp³-hybridized carbons (Fsp3) is 0.772. The van der Waals surface area contributed by atoms with Gasteiger partial charge in [0.05, 0.1) is 0 Å². The highest BCUT2D eigenvalue weighted by Crippen LogP contribution is 2.15. The van der Waals surface area contributed by atoms with Crippen LogP contribution in [-0.2, 0) is 28.6 Å². The lowest BCUT2D eigenvalue weighted by Gasteiger charge is -2.18. The number of allylic oxidation sites excluding steroid dienone is 10. The van der Waals surface area contributed by atoms with Crippen molar-refractivity contribution in [1.29, 1.82) is 0 Å². The summed E-state index contributed by atoms with van der Waals surface area (Å²) in [6, 6.07) is 0. The van der Waals surface area contributed by atoms with Gasteiger partial charge in [0.15, 0.2) is 6.10 Å². The molecule has 0 saturated heterocycles. The van der Waals surface area contributed by atoms with Gasteiger partial charge in [0.25, 0.3) is 0 Å². The highest BCUT2D eigenvalue weighted by atomic mass is 16.6. The Labute approximate surface area is 390 Å². The van der Waals surface area contributed by atoms with Crippen LogP contribution in [0.25, 0.3) is 0 Å². The van der Waals surface area contributed by atoms with E-state index in [1.165, 1.54) is 122 Å². The van der Waals surface area contributed by atoms with Gasteiger partial charge in [0, 0.05) is 19.3 Å². The summed E-state index contributed by atoms with van der Waals surface area (Å²) >= 11 is 0. The monoisotopic (exact) mass is 881 g/mol. The fourth-order valence-electron chi connectivity index (χ4n) is 7.49. The number of carbonyl (C=O) groups excluding carboxylic acids is 3. The van der Waals surface area contributed by atoms with Crippen LogP contribution < -0.4 is 0 Å². The van der Waals surface area contributed by atoms with E-state index < -0.39 is 6.10 Å². The number of unbranched alkanes of at least 4 members (excludes halogenated alkanes) is 27. The van der Waals surface area contributed by atoms with Gasteiger partial charge in [-0.25, -0.2) is 0 Å². The van der Waals surface area contributed by atoms with Crippen molar-refractivity contribution in [2.24, 2.45) is 0 Å². The van der Waals surface area contributed by atoms with Crippen molar-refractivity contribution < 1.29 is 28.6 Å². The maximum Gasteiger partial charge on any atom is 0.306 e. The van der Waals surface area contributed by atoms with Gasteiger partial charge in [-0.2, -0.15) is 0 Å². The maximum atomic E-state index is 12.8. The van der Waals surface area contributed by atoms with Crippen molar-refractivity contribution in [2.45, 2.75) is 271 Å². The van der Waals surface area contributed by atoms with E-state index in [1.807, 2.05) is 0 Å². The third kappa shape index (κ3) is 50.0. The number of hydrogen-bond donors (Lipinski definition) is 0. The van der Waals surface area contributed by atoms with Crippen molar-refractivity contribution >= 4 is 17.9 Å². The lowest BCUT2D eigenvalue weighted by molar-refractivity contribution is -0.167. The lowest BCUT2D eigenvalue weighted by Crippen LogP contribution is -2.30. The standard InChI is InChI=1S/C57H100O6/c1-4-7-10-13-16-19-22-25-27-29-31-32-35-38-41-44-47-50-56(59)62-53-54(52-61-55(58)49-46-43-40-37-34-24-21-18-15-12-9-6-3)63-57(60)51-48-45-42-39-36-33-30-28-26-23-20-17-14-11-8-5-2/h7,10,16,18-19,21,25,27,31-32,54H,4-6,8-9,11-15,17,20,22-24,26,28-30,33-53H2,1-3H3/b10-7-,19-16-,21-18-,27-25-,32-31-. The second-order valence-corrected chi connectivity index (χ2v) is 17.8. The molecule has 364 valence electrons. The molecule has 0 bridgehead atoms. The van der Waals surface area contributed by atoms with E-state index in [1.54, 1.807) is 0 Å². The molecule has 0 heterocycles. The Kier molecular flexibility index (Phi) is 49.4. The van der Waals surface area contributed by atoms with Crippen LogP contribution in [0.2, 0.25) is 0 Å². The first-order chi connectivity index (χ1) is 31.0. The Morgan fingerprint density at radius 1 is 0.333 bits per heavy atom. The number of carbonyl (C=O) groups is 3. The summed E-state index contributed by atoms with van der Waals surface area (Å²) in [5.74, 6) is -0.909. The Hall–Kier alpha value is -2.89. The van der Waals surface area contributed by atoms with Crippen LogP contribution in [0.5, 0.6) is 0 Å². The third-order valence-electron chi connectivity index (χ3n) is 11.5. The Bertz CT molecular complexity index is 1150. The average molecular weight is 881 g/mol. The molecule has 0 aromatic carbocycles. The smallest absolute Gasteiger partial charge is 0.306 e. The van der Waals surface area contributed by atoms with Gasteiger partial charge < -0.3 is 14.2 Å². The van der Waals surface area contributed by atoms with Gasteiger partial charge in [0.2, 0.25) is 0 Å². The molecule has 0 amide bonds. The fourth-order valence-corrected chi connectivity index (χ4v) is 7.49. The van der Waals surface area contributed by atoms with E-state index >= 15 is 0 Å². The van der Waals surface area contributed by atoms with Gasteiger partial charge in [0.1, 0.15) is 13.2 Å². The van der Waals surface area contributed by atoms with E-state index in [9.17, 15) is 14.4 Å². The molecule has 0 fully saturated rings. The van der Waals surface area contributed by atoms with Crippen molar-refractivity contribution in [3.05, 3.63) is 60.8 Å². The second-order valence-electron chi connectivity index (χ2n) is 17.8. The number of ether oxygens (including phenoxy) is 3. The van der Waals surface area contributed by atoms with Crippen LogP contribution in [0.1, 0.15) is 265 Å². The molecule has 0 aromatic rings. The highest BCUT2D eigenvalue weighted by molar-refractivity contribution is 5.71. The normalized spacial score (nSPS) is 12.5. The minimum atomic E-state index is -0.785. The largest absolute Gasteiger partial charge is 0.462 e. The molecular formula is C57H100O6. The van der Waals surface area contributed by atoms with E-state index in [-0.39, 0.29) is 31.1 Å². The summed E-state index contributed by atoms with van der Waals surface area (Å²) in [5, 5.41) is 0. The Morgan fingerprint density at radius 3 is 1.02 bits per heavy atom. The summed E-state index contributed by atoms with van der Waals surface area (Å²) < 4.78 is 16.8. The number of esters is 3. The molecule has 0 aliphatic carbocycles. The minimum Gasteiger partial charge on any atom is -0.462 e. The molecule has 0 saturated carbocycles. The van der Waals surface area contributed by atoms with E-state index in [2.05, 4.69) is 81.5 Å². The van der Waals surface area contributed by atoms with Crippen molar-refractivity contribution in [1.82, 2.24) is 0 Å². The summed E-state index contributed by atoms with van der Waals surface area (Å²) in [5.41, 5.74) is 0. The molecule has 63 heavy (non-hydrogen) atoms. The van der Waals surface area contributed by atoms with E-state index in [0.717, 1.165) is 103 Å². The predicted octanol–water partition coefficient (Wildman–Crippen LogP) is 17.6. The van der Waals surface area contributed by atoms with Crippen LogP contribution in [0.3, 0.4) is 0 Å². The molecule has 1 unspecified atom stereocenters. The van der Waals surface area contributed by atoms with Crippen LogP contribution in [-0.4, -0.2) is 37.2 Å². The van der Waals surface area contributed by atoms with Crippen molar-refractivity contribution in [2.75, 3.05) is 13.2 Å². The highest BCUT2D eigenvalue weighted by Gasteiger charge is 2.19. The molecule has 0 spiro atoms.